The third kappa shape index (κ3) is 3.85. The van der Waals surface area contributed by atoms with Crippen molar-refractivity contribution >= 4 is 17.2 Å². The van der Waals surface area contributed by atoms with Gasteiger partial charge in [-0.25, -0.2) is 4.98 Å². The summed E-state index contributed by atoms with van der Waals surface area (Å²) in [5.74, 6) is 0.546. The van der Waals surface area contributed by atoms with Gasteiger partial charge < -0.3 is 10.1 Å². The quantitative estimate of drug-likeness (QED) is 0.898. The molecule has 0 aliphatic carbocycles. The van der Waals surface area contributed by atoms with E-state index in [0.29, 0.717) is 12.3 Å². The highest BCUT2D eigenvalue weighted by atomic mass is 32.1. The summed E-state index contributed by atoms with van der Waals surface area (Å²) in [6, 6.07) is 9.27. The van der Waals surface area contributed by atoms with Gasteiger partial charge in [0.2, 0.25) is 0 Å². The Morgan fingerprint density at radius 3 is 2.83 bits per heavy atom. The summed E-state index contributed by atoms with van der Waals surface area (Å²) in [7, 11) is 0. The molecule has 1 aromatic carbocycles. The van der Waals surface area contributed by atoms with Crippen LogP contribution < -0.4 is 10.1 Å². The molecule has 1 N–H and O–H groups in total. The molecule has 0 fully saturated rings. The van der Waals surface area contributed by atoms with Gasteiger partial charge in [-0.15, -0.1) is 11.3 Å². The third-order valence-electron chi connectivity index (χ3n) is 2.22. The van der Waals surface area contributed by atoms with Crippen LogP contribution in [-0.2, 0) is 11.3 Å². The molecular weight excluding hydrogens is 248 g/mol. The molecule has 2 aromatic rings. The SMILES string of the molecule is Cc1cnc(CNC(=O)COc2ccccc2)s1. The van der Waals surface area contributed by atoms with E-state index in [0.717, 1.165) is 9.88 Å². The summed E-state index contributed by atoms with van der Waals surface area (Å²) in [5.41, 5.74) is 0. The molecule has 18 heavy (non-hydrogen) atoms. The molecule has 1 aromatic heterocycles. The van der Waals surface area contributed by atoms with Crippen LogP contribution in [0.5, 0.6) is 5.75 Å². The van der Waals surface area contributed by atoms with Crippen molar-refractivity contribution in [3.05, 3.63) is 46.4 Å². The summed E-state index contributed by atoms with van der Waals surface area (Å²) >= 11 is 1.58. The van der Waals surface area contributed by atoms with Crippen molar-refractivity contribution in [2.45, 2.75) is 13.5 Å². The minimum absolute atomic E-state index is 0.0222. The largest absolute Gasteiger partial charge is 0.484 e. The average molecular weight is 262 g/mol. The maximum Gasteiger partial charge on any atom is 0.258 e. The zero-order valence-corrected chi connectivity index (χ0v) is 10.9. The lowest BCUT2D eigenvalue weighted by atomic mass is 10.3. The predicted octanol–water partition coefficient (Wildman–Crippen LogP) is 2.15. The Morgan fingerprint density at radius 1 is 1.39 bits per heavy atom. The molecule has 0 saturated heterocycles. The van der Waals surface area contributed by atoms with Crippen molar-refractivity contribution in [3.63, 3.8) is 0 Å². The van der Waals surface area contributed by atoms with Crippen LogP contribution >= 0.6 is 11.3 Å². The molecule has 1 amide bonds. The van der Waals surface area contributed by atoms with E-state index in [2.05, 4.69) is 10.3 Å². The van der Waals surface area contributed by atoms with E-state index >= 15 is 0 Å². The van der Waals surface area contributed by atoms with E-state index in [-0.39, 0.29) is 12.5 Å². The number of carbonyl (C=O) groups excluding carboxylic acids is 1. The molecule has 94 valence electrons. The minimum atomic E-state index is -0.147. The van der Waals surface area contributed by atoms with Crippen molar-refractivity contribution in [2.24, 2.45) is 0 Å². The molecule has 0 atom stereocenters. The number of para-hydroxylation sites is 1. The molecular formula is C13H14N2O2S. The molecule has 5 heteroatoms. The number of hydrogen-bond donors (Lipinski definition) is 1. The molecule has 0 unspecified atom stereocenters. The molecule has 0 bridgehead atoms. The van der Waals surface area contributed by atoms with Gasteiger partial charge in [-0.3, -0.25) is 4.79 Å². The lowest BCUT2D eigenvalue weighted by Crippen LogP contribution is -2.28. The second-order valence-electron chi connectivity index (χ2n) is 3.74. The van der Waals surface area contributed by atoms with Gasteiger partial charge in [0.1, 0.15) is 10.8 Å². The highest BCUT2D eigenvalue weighted by Gasteiger charge is 2.04. The van der Waals surface area contributed by atoms with Gasteiger partial charge in [0.25, 0.3) is 5.91 Å². The van der Waals surface area contributed by atoms with Crippen molar-refractivity contribution < 1.29 is 9.53 Å². The monoisotopic (exact) mass is 262 g/mol. The molecule has 4 nitrogen and oxygen atoms in total. The van der Waals surface area contributed by atoms with E-state index in [1.165, 1.54) is 0 Å². The number of amides is 1. The van der Waals surface area contributed by atoms with Crippen molar-refractivity contribution in [2.75, 3.05) is 6.61 Å². The number of carbonyl (C=O) groups is 1. The number of nitrogens with one attached hydrogen (secondary N) is 1. The number of aromatic nitrogens is 1. The number of aryl methyl sites for hydroxylation is 1. The van der Waals surface area contributed by atoms with Gasteiger partial charge in [0, 0.05) is 11.1 Å². The molecule has 0 radical (unpaired) electrons. The van der Waals surface area contributed by atoms with Crippen LogP contribution in [0, 0.1) is 6.92 Å². The second-order valence-corrected chi connectivity index (χ2v) is 5.06. The van der Waals surface area contributed by atoms with Crippen LogP contribution in [0.1, 0.15) is 9.88 Å². The maximum absolute atomic E-state index is 11.5. The summed E-state index contributed by atoms with van der Waals surface area (Å²) in [6.45, 7) is 2.46. The van der Waals surface area contributed by atoms with E-state index in [1.807, 2.05) is 37.3 Å². The lowest BCUT2D eigenvalue weighted by Gasteiger charge is -2.05. The Balaban J connectivity index is 1.73. The van der Waals surface area contributed by atoms with Crippen molar-refractivity contribution in [3.8, 4) is 5.75 Å². The van der Waals surface area contributed by atoms with E-state index < -0.39 is 0 Å². The average Bonchev–Trinajstić information content (AvgIpc) is 2.81. The Labute approximate surface area is 110 Å². The van der Waals surface area contributed by atoms with E-state index in [4.69, 9.17) is 4.74 Å². The van der Waals surface area contributed by atoms with E-state index in [9.17, 15) is 4.79 Å². The smallest absolute Gasteiger partial charge is 0.258 e. The number of thiazole rings is 1. The van der Waals surface area contributed by atoms with E-state index in [1.54, 1.807) is 17.5 Å². The molecule has 2 rings (SSSR count). The Bertz CT molecular complexity index is 511. The van der Waals surface area contributed by atoms with Crippen LogP contribution in [0.4, 0.5) is 0 Å². The molecule has 0 spiro atoms. The number of ether oxygens (including phenoxy) is 1. The van der Waals surface area contributed by atoms with Crippen molar-refractivity contribution in [1.29, 1.82) is 0 Å². The van der Waals surface area contributed by atoms with Crippen LogP contribution in [0.2, 0.25) is 0 Å². The van der Waals surface area contributed by atoms with Gasteiger partial charge in [-0.1, -0.05) is 18.2 Å². The Morgan fingerprint density at radius 2 is 2.17 bits per heavy atom. The number of rotatable bonds is 5. The summed E-state index contributed by atoms with van der Waals surface area (Å²) in [4.78, 5) is 16.8. The fourth-order valence-corrected chi connectivity index (χ4v) is 2.10. The molecule has 0 aliphatic rings. The summed E-state index contributed by atoms with van der Waals surface area (Å²) in [5, 5.41) is 3.67. The number of nitrogens with zero attached hydrogens (tertiary/aromatic N) is 1. The first kappa shape index (κ1) is 12.6. The second kappa shape index (κ2) is 6.16. The number of benzene rings is 1. The maximum atomic E-state index is 11.5. The highest BCUT2D eigenvalue weighted by molar-refractivity contribution is 7.11. The van der Waals surface area contributed by atoms with Crippen LogP contribution in [0.3, 0.4) is 0 Å². The van der Waals surface area contributed by atoms with Crippen LogP contribution in [0.15, 0.2) is 36.5 Å². The summed E-state index contributed by atoms with van der Waals surface area (Å²) in [6.07, 6.45) is 1.80. The minimum Gasteiger partial charge on any atom is -0.484 e. The predicted molar refractivity (Wildman–Crippen MR) is 70.6 cm³/mol. The standard InChI is InChI=1S/C13H14N2O2S/c1-10-7-15-13(18-10)8-14-12(16)9-17-11-5-3-2-4-6-11/h2-7H,8-9H2,1H3,(H,14,16). The normalized spacial score (nSPS) is 10.1. The zero-order valence-electron chi connectivity index (χ0n) is 10.1. The van der Waals surface area contributed by atoms with Gasteiger partial charge >= 0.3 is 0 Å². The first-order valence-electron chi connectivity index (χ1n) is 5.60. The van der Waals surface area contributed by atoms with Gasteiger partial charge in [-0.05, 0) is 19.1 Å². The first-order chi connectivity index (χ1) is 8.74. The third-order valence-corrected chi connectivity index (χ3v) is 3.13. The van der Waals surface area contributed by atoms with Gasteiger partial charge in [-0.2, -0.15) is 0 Å². The molecule has 1 heterocycles. The Hall–Kier alpha value is -1.88. The van der Waals surface area contributed by atoms with Gasteiger partial charge in [0.05, 0.1) is 6.54 Å². The lowest BCUT2D eigenvalue weighted by molar-refractivity contribution is -0.123. The topological polar surface area (TPSA) is 51.2 Å². The fraction of sp³-hybridized carbons (Fsp3) is 0.231. The van der Waals surface area contributed by atoms with Crippen LogP contribution in [-0.4, -0.2) is 17.5 Å². The fourth-order valence-electron chi connectivity index (χ4n) is 1.37. The first-order valence-corrected chi connectivity index (χ1v) is 6.41. The van der Waals surface area contributed by atoms with Crippen LogP contribution in [0.25, 0.3) is 0 Å². The number of hydrogen-bond acceptors (Lipinski definition) is 4. The molecule has 0 aliphatic heterocycles. The Kier molecular flexibility index (Phi) is 4.30. The highest BCUT2D eigenvalue weighted by Crippen LogP contribution is 2.10. The zero-order chi connectivity index (χ0) is 12.8. The van der Waals surface area contributed by atoms with Crippen molar-refractivity contribution in [1.82, 2.24) is 10.3 Å². The molecule has 0 saturated carbocycles. The summed E-state index contributed by atoms with van der Waals surface area (Å²) < 4.78 is 5.33. The van der Waals surface area contributed by atoms with Gasteiger partial charge in [0.15, 0.2) is 6.61 Å².